The second-order valence-corrected chi connectivity index (χ2v) is 7.59. The Kier molecular flexibility index (Phi) is 7.07. The SMILES string of the molecule is C=CCNC(=O)[C@@H]1CC(=O)N(c2ccc(OCC(=O)Nc3ccc(C)cc3C)cc2)C1. The topological polar surface area (TPSA) is 87.7 Å². The molecule has 0 spiro atoms. The van der Waals surface area contributed by atoms with Crippen LogP contribution in [0.2, 0.25) is 0 Å². The highest BCUT2D eigenvalue weighted by molar-refractivity contribution is 6.00. The molecule has 0 unspecified atom stereocenters. The summed E-state index contributed by atoms with van der Waals surface area (Å²) in [6, 6.07) is 12.7. The smallest absolute Gasteiger partial charge is 0.262 e. The largest absolute Gasteiger partial charge is 0.484 e. The van der Waals surface area contributed by atoms with Crippen LogP contribution >= 0.6 is 0 Å². The Hall–Kier alpha value is -3.61. The van der Waals surface area contributed by atoms with Crippen LogP contribution < -0.4 is 20.3 Å². The molecule has 2 N–H and O–H groups in total. The molecule has 7 nitrogen and oxygen atoms in total. The number of benzene rings is 2. The number of nitrogens with zero attached hydrogens (tertiary/aromatic N) is 1. The van der Waals surface area contributed by atoms with Gasteiger partial charge in [-0.25, -0.2) is 0 Å². The molecular formula is C24H27N3O4. The summed E-state index contributed by atoms with van der Waals surface area (Å²) in [4.78, 5) is 38.2. The lowest BCUT2D eigenvalue weighted by atomic mass is 10.1. The van der Waals surface area contributed by atoms with E-state index in [0.717, 1.165) is 16.8 Å². The summed E-state index contributed by atoms with van der Waals surface area (Å²) < 4.78 is 5.56. The number of amides is 3. The number of rotatable bonds is 8. The van der Waals surface area contributed by atoms with E-state index in [0.29, 0.717) is 24.5 Å². The van der Waals surface area contributed by atoms with E-state index in [1.807, 2.05) is 32.0 Å². The van der Waals surface area contributed by atoms with Gasteiger partial charge in [0, 0.05) is 30.9 Å². The van der Waals surface area contributed by atoms with Crippen molar-refractivity contribution in [2.24, 2.45) is 5.92 Å². The van der Waals surface area contributed by atoms with Crippen LogP contribution in [0.25, 0.3) is 0 Å². The van der Waals surface area contributed by atoms with Crippen LogP contribution in [-0.4, -0.2) is 37.4 Å². The summed E-state index contributed by atoms with van der Waals surface area (Å²) >= 11 is 0. The van der Waals surface area contributed by atoms with Crippen LogP contribution in [0.4, 0.5) is 11.4 Å². The summed E-state index contributed by atoms with van der Waals surface area (Å²) in [6.07, 6.45) is 1.78. The summed E-state index contributed by atoms with van der Waals surface area (Å²) in [6.45, 7) is 8.10. The average Bonchev–Trinajstić information content (AvgIpc) is 3.14. The maximum Gasteiger partial charge on any atom is 0.262 e. The van der Waals surface area contributed by atoms with Crippen molar-refractivity contribution in [2.75, 3.05) is 29.9 Å². The quantitative estimate of drug-likeness (QED) is 0.642. The van der Waals surface area contributed by atoms with Gasteiger partial charge in [0.05, 0.1) is 5.92 Å². The van der Waals surface area contributed by atoms with Crippen molar-refractivity contribution in [3.8, 4) is 5.75 Å². The fourth-order valence-corrected chi connectivity index (χ4v) is 3.46. The third kappa shape index (κ3) is 5.72. The molecule has 1 aliphatic heterocycles. The molecule has 3 rings (SSSR count). The fraction of sp³-hybridized carbons (Fsp3) is 0.292. The van der Waals surface area contributed by atoms with Gasteiger partial charge in [0.15, 0.2) is 6.61 Å². The molecule has 1 aliphatic rings. The van der Waals surface area contributed by atoms with Gasteiger partial charge < -0.3 is 20.3 Å². The predicted octanol–water partition coefficient (Wildman–Crippen LogP) is 2.98. The molecular weight excluding hydrogens is 394 g/mol. The first-order valence-electron chi connectivity index (χ1n) is 10.2. The normalized spacial score (nSPS) is 15.5. The number of carbonyl (C=O) groups excluding carboxylic acids is 3. The Morgan fingerprint density at radius 2 is 1.94 bits per heavy atom. The lowest BCUT2D eigenvalue weighted by molar-refractivity contribution is -0.126. The van der Waals surface area contributed by atoms with Crippen molar-refractivity contribution in [1.82, 2.24) is 5.32 Å². The zero-order chi connectivity index (χ0) is 22.4. The first kappa shape index (κ1) is 22.1. The van der Waals surface area contributed by atoms with Crippen molar-refractivity contribution < 1.29 is 19.1 Å². The van der Waals surface area contributed by atoms with Crippen molar-refractivity contribution in [2.45, 2.75) is 20.3 Å². The van der Waals surface area contributed by atoms with Crippen molar-refractivity contribution in [3.05, 3.63) is 66.2 Å². The minimum Gasteiger partial charge on any atom is -0.484 e. The Balaban J connectivity index is 1.53. The van der Waals surface area contributed by atoms with E-state index in [2.05, 4.69) is 17.2 Å². The predicted molar refractivity (Wildman–Crippen MR) is 120 cm³/mol. The molecule has 2 aromatic rings. The van der Waals surface area contributed by atoms with Crippen LogP contribution in [0.3, 0.4) is 0 Å². The first-order valence-corrected chi connectivity index (χ1v) is 10.2. The molecule has 1 fully saturated rings. The second-order valence-electron chi connectivity index (χ2n) is 7.59. The van der Waals surface area contributed by atoms with Gasteiger partial charge in [0.2, 0.25) is 11.8 Å². The van der Waals surface area contributed by atoms with Crippen molar-refractivity contribution in [3.63, 3.8) is 0 Å². The van der Waals surface area contributed by atoms with E-state index in [9.17, 15) is 14.4 Å². The summed E-state index contributed by atoms with van der Waals surface area (Å²) in [5.74, 6) is -0.353. The molecule has 2 aromatic carbocycles. The van der Waals surface area contributed by atoms with Crippen LogP contribution in [0, 0.1) is 19.8 Å². The second kappa shape index (κ2) is 9.93. The van der Waals surface area contributed by atoms with Gasteiger partial charge in [0.25, 0.3) is 5.91 Å². The molecule has 1 atom stereocenters. The Labute approximate surface area is 182 Å². The van der Waals surface area contributed by atoms with E-state index >= 15 is 0 Å². The molecule has 0 bridgehead atoms. The van der Waals surface area contributed by atoms with Crippen LogP contribution in [0.1, 0.15) is 17.5 Å². The Bertz CT molecular complexity index is 985. The molecule has 31 heavy (non-hydrogen) atoms. The van der Waals surface area contributed by atoms with E-state index in [1.165, 1.54) is 0 Å². The van der Waals surface area contributed by atoms with Crippen LogP contribution in [0.5, 0.6) is 5.75 Å². The fourth-order valence-electron chi connectivity index (χ4n) is 3.46. The lowest BCUT2D eigenvalue weighted by Gasteiger charge is -2.17. The number of ether oxygens (including phenoxy) is 1. The standard InChI is InChI=1S/C24H27N3O4/c1-4-11-25-24(30)18-13-23(29)27(14-18)19-6-8-20(9-7-19)31-15-22(28)26-21-10-5-16(2)12-17(21)3/h4-10,12,18H,1,11,13-15H2,2-3H3,(H,25,30)(H,26,28)/t18-/m1/s1. The molecule has 7 heteroatoms. The van der Waals surface area contributed by atoms with Crippen molar-refractivity contribution >= 4 is 29.1 Å². The number of anilines is 2. The van der Waals surface area contributed by atoms with Gasteiger partial charge in [-0.2, -0.15) is 0 Å². The molecule has 0 aliphatic carbocycles. The summed E-state index contributed by atoms with van der Waals surface area (Å²) in [5.41, 5.74) is 3.57. The Morgan fingerprint density at radius 3 is 2.61 bits per heavy atom. The van der Waals surface area contributed by atoms with Gasteiger partial charge in [-0.05, 0) is 49.7 Å². The molecule has 1 heterocycles. The third-order valence-corrected chi connectivity index (χ3v) is 5.09. The highest BCUT2D eigenvalue weighted by Crippen LogP contribution is 2.27. The monoisotopic (exact) mass is 421 g/mol. The van der Waals surface area contributed by atoms with Crippen molar-refractivity contribution in [1.29, 1.82) is 0 Å². The van der Waals surface area contributed by atoms with E-state index in [1.54, 1.807) is 35.2 Å². The maximum atomic E-state index is 12.3. The first-order chi connectivity index (χ1) is 14.9. The van der Waals surface area contributed by atoms with Crippen LogP contribution in [0.15, 0.2) is 55.1 Å². The number of nitrogens with one attached hydrogen (secondary N) is 2. The van der Waals surface area contributed by atoms with E-state index in [4.69, 9.17) is 4.74 Å². The highest BCUT2D eigenvalue weighted by atomic mass is 16.5. The minimum absolute atomic E-state index is 0.0970. The van der Waals surface area contributed by atoms with Gasteiger partial charge in [0.1, 0.15) is 5.75 Å². The number of aryl methyl sites for hydroxylation is 2. The highest BCUT2D eigenvalue weighted by Gasteiger charge is 2.34. The molecule has 3 amide bonds. The molecule has 0 aromatic heterocycles. The summed E-state index contributed by atoms with van der Waals surface area (Å²) in [5, 5.41) is 5.57. The maximum absolute atomic E-state index is 12.3. The zero-order valence-electron chi connectivity index (χ0n) is 17.8. The lowest BCUT2D eigenvalue weighted by Crippen LogP contribution is -2.32. The van der Waals surface area contributed by atoms with Gasteiger partial charge in [-0.1, -0.05) is 23.8 Å². The number of carbonyl (C=O) groups is 3. The number of hydrogen-bond acceptors (Lipinski definition) is 4. The van der Waals surface area contributed by atoms with E-state index < -0.39 is 0 Å². The minimum atomic E-state index is -0.377. The third-order valence-electron chi connectivity index (χ3n) is 5.09. The molecule has 0 saturated carbocycles. The van der Waals surface area contributed by atoms with Gasteiger partial charge in [-0.3, -0.25) is 14.4 Å². The molecule has 1 saturated heterocycles. The zero-order valence-corrected chi connectivity index (χ0v) is 17.8. The summed E-state index contributed by atoms with van der Waals surface area (Å²) in [7, 11) is 0. The average molecular weight is 421 g/mol. The van der Waals surface area contributed by atoms with Gasteiger partial charge >= 0.3 is 0 Å². The van der Waals surface area contributed by atoms with Gasteiger partial charge in [-0.15, -0.1) is 6.58 Å². The molecule has 0 radical (unpaired) electrons. The number of hydrogen-bond donors (Lipinski definition) is 2. The van der Waals surface area contributed by atoms with E-state index in [-0.39, 0.29) is 36.7 Å². The van der Waals surface area contributed by atoms with Crippen LogP contribution in [-0.2, 0) is 14.4 Å². The Morgan fingerprint density at radius 1 is 1.19 bits per heavy atom. The molecule has 162 valence electrons.